The Bertz CT molecular complexity index is 1100. The second kappa shape index (κ2) is 12.5. The molecule has 1 aliphatic rings. The van der Waals surface area contributed by atoms with Crippen molar-refractivity contribution in [3.63, 3.8) is 0 Å². The summed E-state index contributed by atoms with van der Waals surface area (Å²) in [7, 11) is 0. The molecule has 0 aromatic heterocycles. The number of amides is 1. The van der Waals surface area contributed by atoms with E-state index in [-0.39, 0.29) is 18.2 Å². The molecule has 0 aliphatic carbocycles. The first-order chi connectivity index (χ1) is 17.8. The van der Waals surface area contributed by atoms with Crippen molar-refractivity contribution in [1.29, 1.82) is 0 Å². The topological polar surface area (TPSA) is 54.0 Å². The Hall–Kier alpha value is -3.29. The molecule has 1 N–H and O–H groups in total. The SMILES string of the molecule is C=C(NCc1ccc(OC(C)C)cc1)N(Cc1cc(F)c(F)cc1C)C1CCN(C(=O)OC(C)(C)C)CC1. The summed E-state index contributed by atoms with van der Waals surface area (Å²) in [5.74, 6) is -0.222. The van der Waals surface area contributed by atoms with Gasteiger partial charge in [-0.1, -0.05) is 18.7 Å². The predicted octanol–water partition coefficient (Wildman–Crippen LogP) is 6.52. The van der Waals surface area contributed by atoms with Gasteiger partial charge in [-0.15, -0.1) is 0 Å². The highest BCUT2D eigenvalue weighted by Gasteiger charge is 2.30. The maximum atomic E-state index is 14.1. The van der Waals surface area contributed by atoms with E-state index < -0.39 is 17.2 Å². The van der Waals surface area contributed by atoms with E-state index in [1.165, 1.54) is 12.1 Å². The van der Waals surface area contributed by atoms with Gasteiger partial charge in [0, 0.05) is 32.2 Å². The van der Waals surface area contributed by atoms with E-state index in [1.54, 1.807) is 11.8 Å². The Morgan fingerprint density at radius 2 is 1.74 bits per heavy atom. The number of rotatable bonds is 9. The zero-order chi connectivity index (χ0) is 28.0. The molecule has 208 valence electrons. The fraction of sp³-hybridized carbons (Fsp3) is 0.500. The molecular formula is C30H41F2N3O3. The monoisotopic (exact) mass is 529 g/mol. The van der Waals surface area contributed by atoms with Gasteiger partial charge < -0.3 is 24.6 Å². The lowest BCUT2D eigenvalue weighted by Crippen LogP contribution is -2.48. The number of nitrogens with one attached hydrogen (secondary N) is 1. The average Bonchev–Trinajstić information content (AvgIpc) is 2.83. The van der Waals surface area contributed by atoms with Gasteiger partial charge in [-0.3, -0.25) is 0 Å². The van der Waals surface area contributed by atoms with Crippen molar-refractivity contribution in [2.75, 3.05) is 13.1 Å². The summed E-state index contributed by atoms with van der Waals surface area (Å²) >= 11 is 0. The second-order valence-electron chi connectivity index (χ2n) is 11.1. The average molecular weight is 530 g/mol. The number of carbonyl (C=O) groups is 1. The molecule has 38 heavy (non-hydrogen) atoms. The first kappa shape index (κ1) is 29.3. The number of ether oxygens (including phenoxy) is 2. The summed E-state index contributed by atoms with van der Waals surface area (Å²) < 4.78 is 39.1. The Morgan fingerprint density at radius 1 is 1.13 bits per heavy atom. The molecule has 0 radical (unpaired) electrons. The molecule has 0 bridgehead atoms. The van der Waals surface area contributed by atoms with Crippen LogP contribution in [0.3, 0.4) is 0 Å². The highest BCUT2D eigenvalue weighted by atomic mass is 19.2. The van der Waals surface area contributed by atoms with Gasteiger partial charge >= 0.3 is 6.09 Å². The molecule has 0 saturated carbocycles. The molecule has 1 saturated heterocycles. The molecule has 2 aromatic rings. The van der Waals surface area contributed by atoms with E-state index in [0.29, 0.717) is 56.0 Å². The van der Waals surface area contributed by atoms with Gasteiger partial charge in [0.05, 0.1) is 11.9 Å². The Kier molecular flexibility index (Phi) is 9.63. The molecule has 2 aromatic carbocycles. The van der Waals surface area contributed by atoms with Gasteiger partial charge in [-0.2, -0.15) is 0 Å². The van der Waals surface area contributed by atoms with Crippen LogP contribution >= 0.6 is 0 Å². The first-order valence-corrected chi connectivity index (χ1v) is 13.2. The summed E-state index contributed by atoms with van der Waals surface area (Å²) in [6, 6.07) is 10.4. The van der Waals surface area contributed by atoms with Crippen molar-refractivity contribution in [2.45, 2.75) is 85.2 Å². The molecule has 6 nitrogen and oxygen atoms in total. The molecule has 1 aliphatic heterocycles. The van der Waals surface area contributed by atoms with Crippen LogP contribution in [0.2, 0.25) is 0 Å². The number of carbonyl (C=O) groups excluding carboxylic acids is 1. The van der Waals surface area contributed by atoms with Crippen LogP contribution in [0.25, 0.3) is 0 Å². The quantitative estimate of drug-likeness (QED) is 0.401. The highest BCUT2D eigenvalue weighted by Crippen LogP contribution is 2.25. The third-order valence-corrected chi connectivity index (χ3v) is 6.41. The molecule has 1 heterocycles. The van der Waals surface area contributed by atoms with Crippen molar-refractivity contribution < 1.29 is 23.0 Å². The Labute approximate surface area is 225 Å². The van der Waals surface area contributed by atoms with Crippen molar-refractivity contribution >= 4 is 6.09 Å². The molecule has 8 heteroatoms. The smallest absolute Gasteiger partial charge is 0.410 e. The maximum Gasteiger partial charge on any atom is 0.410 e. The number of likely N-dealkylation sites (tertiary alicyclic amines) is 1. The zero-order valence-electron chi connectivity index (χ0n) is 23.4. The standard InChI is InChI=1S/C30H41F2N3O3/c1-20(2)37-26-10-8-23(9-11-26)18-33-22(4)35(19-24-17-28(32)27(31)16-21(24)3)25-12-14-34(15-13-25)29(36)38-30(5,6)7/h8-11,16-17,20,25,33H,4,12-15,18-19H2,1-3,5-7H3. The minimum atomic E-state index is -0.868. The molecule has 0 spiro atoms. The lowest BCUT2D eigenvalue weighted by Gasteiger charge is -2.41. The Morgan fingerprint density at radius 3 is 2.32 bits per heavy atom. The number of aryl methyl sites for hydroxylation is 1. The van der Waals surface area contributed by atoms with E-state index >= 15 is 0 Å². The number of benzene rings is 2. The van der Waals surface area contributed by atoms with Crippen LogP contribution in [0.4, 0.5) is 13.6 Å². The van der Waals surface area contributed by atoms with E-state index in [4.69, 9.17) is 9.47 Å². The third-order valence-electron chi connectivity index (χ3n) is 6.41. The second-order valence-corrected chi connectivity index (χ2v) is 11.1. The Balaban J connectivity index is 1.72. The van der Waals surface area contributed by atoms with Crippen molar-refractivity contribution in [3.8, 4) is 5.75 Å². The van der Waals surface area contributed by atoms with Gasteiger partial charge in [0.25, 0.3) is 0 Å². The number of halogens is 2. The summed E-state index contributed by atoms with van der Waals surface area (Å²) in [4.78, 5) is 16.4. The van der Waals surface area contributed by atoms with Crippen molar-refractivity contribution in [2.24, 2.45) is 0 Å². The molecule has 1 fully saturated rings. The van der Waals surface area contributed by atoms with Crippen molar-refractivity contribution in [3.05, 3.63) is 77.1 Å². The van der Waals surface area contributed by atoms with Gasteiger partial charge in [-0.05, 0) is 95.3 Å². The minimum absolute atomic E-state index is 0.0584. The largest absolute Gasteiger partial charge is 0.491 e. The number of hydrogen-bond donors (Lipinski definition) is 1. The lowest BCUT2D eigenvalue weighted by atomic mass is 10.0. The summed E-state index contributed by atoms with van der Waals surface area (Å²) in [6.07, 6.45) is 1.18. The summed E-state index contributed by atoms with van der Waals surface area (Å²) in [6.45, 7) is 17.6. The molecule has 1 amide bonds. The van der Waals surface area contributed by atoms with Crippen LogP contribution < -0.4 is 10.1 Å². The van der Waals surface area contributed by atoms with E-state index in [0.717, 1.165) is 11.3 Å². The van der Waals surface area contributed by atoms with Crippen LogP contribution in [0.15, 0.2) is 48.8 Å². The van der Waals surface area contributed by atoms with Crippen LogP contribution in [-0.2, 0) is 17.8 Å². The van der Waals surface area contributed by atoms with Crippen LogP contribution in [0.1, 0.15) is 64.2 Å². The first-order valence-electron chi connectivity index (χ1n) is 13.2. The summed E-state index contributed by atoms with van der Waals surface area (Å²) in [5, 5.41) is 3.40. The zero-order valence-corrected chi connectivity index (χ0v) is 23.4. The van der Waals surface area contributed by atoms with Gasteiger partial charge in [0.15, 0.2) is 11.6 Å². The van der Waals surface area contributed by atoms with Gasteiger partial charge in [0.1, 0.15) is 11.4 Å². The lowest BCUT2D eigenvalue weighted by molar-refractivity contribution is 0.0154. The van der Waals surface area contributed by atoms with E-state index in [1.807, 2.05) is 58.9 Å². The normalized spacial score (nSPS) is 14.4. The number of hydrogen-bond acceptors (Lipinski definition) is 5. The van der Waals surface area contributed by atoms with Gasteiger partial charge in [-0.25, -0.2) is 13.6 Å². The maximum absolute atomic E-state index is 14.1. The fourth-order valence-corrected chi connectivity index (χ4v) is 4.44. The fourth-order valence-electron chi connectivity index (χ4n) is 4.44. The predicted molar refractivity (Wildman–Crippen MR) is 146 cm³/mol. The molecule has 0 atom stereocenters. The van der Waals surface area contributed by atoms with E-state index in [2.05, 4.69) is 16.8 Å². The highest BCUT2D eigenvalue weighted by molar-refractivity contribution is 5.68. The molecule has 0 unspecified atom stereocenters. The third kappa shape index (κ3) is 8.36. The minimum Gasteiger partial charge on any atom is -0.491 e. The molecular weight excluding hydrogens is 488 g/mol. The van der Waals surface area contributed by atoms with Crippen molar-refractivity contribution in [1.82, 2.24) is 15.1 Å². The van der Waals surface area contributed by atoms with Crippen LogP contribution in [0, 0.1) is 18.6 Å². The van der Waals surface area contributed by atoms with Crippen LogP contribution in [-0.4, -0.2) is 46.7 Å². The number of nitrogens with zero attached hydrogens (tertiary/aromatic N) is 2. The summed E-state index contributed by atoms with van der Waals surface area (Å²) in [5.41, 5.74) is 1.87. The van der Waals surface area contributed by atoms with Crippen LogP contribution in [0.5, 0.6) is 5.75 Å². The number of piperidine rings is 1. The molecule has 3 rings (SSSR count). The van der Waals surface area contributed by atoms with Gasteiger partial charge in [0.2, 0.25) is 0 Å². The van der Waals surface area contributed by atoms with E-state index in [9.17, 15) is 13.6 Å².